The second-order valence-electron chi connectivity index (χ2n) is 7.22. The summed E-state index contributed by atoms with van der Waals surface area (Å²) < 4.78 is 7.54. The number of amides is 1. The van der Waals surface area contributed by atoms with Crippen LogP contribution in [0.3, 0.4) is 0 Å². The fraction of sp³-hybridized carbons (Fsp3) is 0.304. The first-order valence-corrected chi connectivity index (χ1v) is 10.3. The molecule has 0 fully saturated rings. The molecule has 3 rings (SSSR count). The summed E-state index contributed by atoms with van der Waals surface area (Å²) in [6.07, 6.45) is 0. The highest BCUT2D eigenvalue weighted by molar-refractivity contribution is 6.30. The summed E-state index contributed by atoms with van der Waals surface area (Å²) in [6.45, 7) is 5.86. The molecular weight excluding hydrogens is 400 g/mol. The van der Waals surface area contributed by atoms with Crippen molar-refractivity contribution in [2.24, 2.45) is 0 Å². The summed E-state index contributed by atoms with van der Waals surface area (Å²) in [5.41, 5.74) is 4.23. The highest BCUT2D eigenvalue weighted by Crippen LogP contribution is 2.19. The van der Waals surface area contributed by atoms with E-state index in [0.717, 1.165) is 28.4 Å². The number of aryl methyl sites for hydroxylation is 1. The number of para-hydroxylation sites is 1. The molecular formula is C23H27ClN4O2. The van der Waals surface area contributed by atoms with Gasteiger partial charge in [0, 0.05) is 22.8 Å². The van der Waals surface area contributed by atoms with Gasteiger partial charge in [-0.1, -0.05) is 29.8 Å². The number of halogens is 1. The maximum atomic E-state index is 12.2. The molecule has 0 bridgehead atoms. The molecule has 0 aliphatic rings. The number of hydrogen-bond donors (Lipinski definition) is 1. The van der Waals surface area contributed by atoms with Crippen LogP contribution in [0.1, 0.15) is 17.0 Å². The minimum absolute atomic E-state index is 0.0389. The number of carbonyl (C=O) groups is 1. The zero-order valence-corrected chi connectivity index (χ0v) is 18.3. The summed E-state index contributed by atoms with van der Waals surface area (Å²) in [5.74, 6) is 0.690. The van der Waals surface area contributed by atoms with Crippen molar-refractivity contribution in [1.29, 1.82) is 0 Å². The molecule has 1 aromatic heterocycles. The van der Waals surface area contributed by atoms with E-state index in [4.69, 9.17) is 16.3 Å². The normalized spacial score (nSPS) is 11.0. The van der Waals surface area contributed by atoms with Gasteiger partial charge in [0.05, 0.1) is 24.5 Å². The zero-order chi connectivity index (χ0) is 21.5. The van der Waals surface area contributed by atoms with E-state index in [1.807, 2.05) is 53.9 Å². The summed E-state index contributed by atoms with van der Waals surface area (Å²) in [7, 11) is 1.93. The van der Waals surface area contributed by atoms with Crippen LogP contribution in [0, 0.1) is 13.8 Å². The molecule has 7 heteroatoms. The first-order chi connectivity index (χ1) is 14.4. The van der Waals surface area contributed by atoms with E-state index in [2.05, 4.69) is 17.3 Å². The lowest BCUT2D eigenvalue weighted by molar-refractivity contribution is -0.122. The van der Waals surface area contributed by atoms with Crippen LogP contribution < -0.4 is 10.1 Å². The van der Waals surface area contributed by atoms with Gasteiger partial charge < -0.3 is 10.1 Å². The van der Waals surface area contributed by atoms with Gasteiger partial charge in [-0.2, -0.15) is 5.10 Å². The first-order valence-electron chi connectivity index (χ1n) is 9.88. The topological polar surface area (TPSA) is 59.4 Å². The number of rotatable bonds is 9. The monoisotopic (exact) mass is 426 g/mol. The van der Waals surface area contributed by atoms with Crippen LogP contribution in [-0.2, 0) is 11.3 Å². The molecule has 0 atom stereocenters. The predicted octanol–water partition coefficient (Wildman–Crippen LogP) is 3.77. The summed E-state index contributed by atoms with van der Waals surface area (Å²) in [5, 5.41) is 8.23. The molecule has 0 aliphatic heterocycles. The molecule has 2 aromatic carbocycles. The third kappa shape index (κ3) is 5.84. The number of likely N-dealkylation sites (N-methyl/N-ethyl adjacent to an activating group) is 1. The molecule has 158 valence electrons. The van der Waals surface area contributed by atoms with Crippen molar-refractivity contribution >= 4 is 17.5 Å². The van der Waals surface area contributed by atoms with Crippen molar-refractivity contribution in [3.8, 4) is 11.4 Å². The first kappa shape index (κ1) is 21.9. The molecule has 0 saturated heterocycles. The number of aromatic nitrogens is 2. The molecule has 0 aliphatic carbocycles. The van der Waals surface area contributed by atoms with Gasteiger partial charge in [0.15, 0.2) is 0 Å². The van der Waals surface area contributed by atoms with E-state index in [-0.39, 0.29) is 5.91 Å². The maximum absolute atomic E-state index is 12.2. The van der Waals surface area contributed by atoms with Crippen molar-refractivity contribution < 1.29 is 9.53 Å². The van der Waals surface area contributed by atoms with E-state index >= 15 is 0 Å². The minimum Gasteiger partial charge on any atom is -0.492 e. The number of benzene rings is 2. The van der Waals surface area contributed by atoms with Crippen LogP contribution in [-0.4, -0.2) is 47.3 Å². The predicted molar refractivity (Wildman–Crippen MR) is 119 cm³/mol. The van der Waals surface area contributed by atoms with Gasteiger partial charge in [0.25, 0.3) is 0 Å². The second kappa shape index (κ2) is 10.3. The van der Waals surface area contributed by atoms with Gasteiger partial charge in [0.2, 0.25) is 5.91 Å². The molecule has 30 heavy (non-hydrogen) atoms. The lowest BCUT2D eigenvalue weighted by atomic mass is 10.2. The van der Waals surface area contributed by atoms with Crippen molar-refractivity contribution in [2.75, 3.05) is 26.7 Å². The molecule has 1 heterocycles. The van der Waals surface area contributed by atoms with Crippen LogP contribution in [0.5, 0.6) is 5.75 Å². The van der Waals surface area contributed by atoms with E-state index < -0.39 is 0 Å². The molecule has 0 radical (unpaired) electrons. The Morgan fingerprint density at radius 3 is 2.53 bits per heavy atom. The Bertz CT molecular complexity index is 971. The third-order valence-corrected chi connectivity index (χ3v) is 5.04. The molecule has 6 nitrogen and oxygen atoms in total. The highest BCUT2D eigenvalue weighted by Gasteiger charge is 2.15. The molecule has 3 aromatic rings. The van der Waals surface area contributed by atoms with E-state index in [9.17, 15) is 4.79 Å². The van der Waals surface area contributed by atoms with Gasteiger partial charge >= 0.3 is 0 Å². The third-order valence-electron chi connectivity index (χ3n) is 4.79. The Labute approximate surface area is 182 Å². The second-order valence-corrected chi connectivity index (χ2v) is 7.66. The van der Waals surface area contributed by atoms with E-state index in [0.29, 0.717) is 31.3 Å². The lowest BCUT2D eigenvalue weighted by Gasteiger charge is -2.17. The number of hydrogen-bond acceptors (Lipinski definition) is 4. The van der Waals surface area contributed by atoms with Gasteiger partial charge in [-0.15, -0.1) is 0 Å². The van der Waals surface area contributed by atoms with Crippen molar-refractivity contribution in [3.63, 3.8) is 0 Å². The quantitative estimate of drug-likeness (QED) is 0.529. The minimum atomic E-state index is -0.0389. The van der Waals surface area contributed by atoms with Crippen molar-refractivity contribution in [2.45, 2.75) is 20.4 Å². The van der Waals surface area contributed by atoms with E-state index in [1.54, 1.807) is 24.3 Å². The van der Waals surface area contributed by atoms with Crippen LogP contribution >= 0.6 is 11.6 Å². The fourth-order valence-electron chi connectivity index (χ4n) is 3.24. The van der Waals surface area contributed by atoms with Gasteiger partial charge in [0.1, 0.15) is 12.4 Å². The summed E-state index contributed by atoms with van der Waals surface area (Å²) in [6, 6.07) is 17.2. The zero-order valence-electron chi connectivity index (χ0n) is 17.6. The molecule has 1 amide bonds. The van der Waals surface area contributed by atoms with Crippen LogP contribution in [0.2, 0.25) is 5.02 Å². The Morgan fingerprint density at radius 2 is 1.83 bits per heavy atom. The number of ether oxygens (including phenoxy) is 1. The number of carbonyl (C=O) groups excluding carboxylic acids is 1. The van der Waals surface area contributed by atoms with Gasteiger partial charge in [-0.25, -0.2) is 4.68 Å². The fourth-order valence-corrected chi connectivity index (χ4v) is 3.37. The lowest BCUT2D eigenvalue weighted by Crippen LogP contribution is -2.36. The summed E-state index contributed by atoms with van der Waals surface area (Å²) >= 11 is 5.85. The van der Waals surface area contributed by atoms with Crippen molar-refractivity contribution in [1.82, 2.24) is 20.0 Å². The smallest absolute Gasteiger partial charge is 0.234 e. The van der Waals surface area contributed by atoms with Crippen LogP contribution in [0.4, 0.5) is 0 Å². The summed E-state index contributed by atoms with van der Waals surface area (Å²) in [4.78, 5) is 14.2. The van der Waals surface area contributed by atoms with E-state index in [1.165, 1.54) is 0 Å². The standard InChI is InChI=1S/C23H27ClN4O2/c1-17-22(18(2)28(26-17)20-7-5-4-6-8-20)15-27(3)16-23(29)25-13-14-30-21-11-9-19(24)10-12-21/h4-12H,13-16H2,1-3H3,(H,25,29). The molecule has 1 N–H and O–H groups in total. The largest absolute Gasteiger partial charge is 0.492 e. The molecule has 0 unspecified atom stereocenters. The van der Waals surface area contributed by atoms with Gasteiger partial charge in [-0.05, 0) is 57.3 Å². The van der Waals surface area contributed by atoms with Crippen LogP contribution in [0.15, 0.2) is 54.6 Å². The average molecular weight is 427 g/mol. The Hall–Kier alpha value is -2.83. The Kier molecular flexibility index (Phi) is 7.49. The Morgan fingerprint density at radius 1 is 1.13 bits per heavy atom. The number of nitrogens with one attached hydrogen (secondary N) is 1. The van der Waals surface area contributed by atoms with Crippen LogP contribution in [0.25, 0.3) is 5.69 Å². The molecule has 0 saturated carbocycles. The average Bonchev–Trinajstić information content (AvgIpc) is 3.01. The Balaban J connectivity index is 1.47. The van der Waals surface area contributed by atoms with Crippen molar-refractivity contribution in [3.05, 3.63) is 76.6 Å². The number of nitrogens with zero attached hydrogens (tertiary/aromatic N) is 3. The SMILES string of the molecule is Cc1nn(-c2ccccc2)c(C)c1CN(C)CC(=O)NCCOc1ccc(Cl)cc1. The maximum Gasteiger partial charge on any atom is 0.234 e. The van der Waals surface area contributed by atoms with Gasteiger partial charge in [-0.3, -0.25) is 9.69 Å². The highest BCUT2D eigenvalue weighted by atomic mass is 35.5. The molecule has 0 spiro atoms.